The normalized spacial score (nSPS) is 10.4. The van der Waals surface area contributed by atoms with Crippen LogP contribution in [-0.4, -0.2) is 22.5 Å². The molecule has 1 amide bonds. The first-order valence-corrected chi connectivity index (χ1v) is 6.22. The van der Waals surface area contributed by atoms with E-state index < -0.39 is 5.91 Å². The van der Waals surface area contributed by atoms with Crippen molar-refractivity contribution in [1.82, 2.24) is 4.98 Å². The van der Waals surface area contributed by atoms with E-state index in [2.05, 4.69) is 4.98 Å². The highest BCUT2D eigenvalue weighted by molar-refractivity contribution is 7.99. The summed E-state index contributed by atoms with van der Waals surface area (Å²) in [4.78, 5) is 15.2. The molecule has 0 fully saturated rings. The van der Waals surface area contributed by atoms with Crippen molar-refractivity contribution in [2.24, 2.45) is 11.5 Å². The zero-order valence-corrected chi connectivity index (χ0v) is 10.3. The van der Waals surface area contributed by atoms with Gasteiger partial charge in [-0.15, -0.1) is 0 Å². The van der Waals surface area contributed by atoms with Crippen LogP contribution in [0.25, 0.3) is 10.9 Å². The number of pyridine rings is 1. The van der Waals surface area contributed by atoms with Crippen molar-refractivity contribution in [3.05, 3.63) is 35.9 Å². The van der Waals surface area contributed by atoms with Gasteiger partial charge in [0.1, 0.15) is 5.84 Å². The van der Waals surface area contributed by atoms with Crippen LogP contribution >= 0.6 is 11.8 Å². The molecule has 0 atom stereocenters. The lowest BCUT2D eigenvalue weighted by atomic mass is 10.1. The Morgan fingerprint density at radius 1 is 1.33 bits per heavy atom. The number of nitrogens with one attached hydrogen (secondary N) is 1. The molecule has 0 aliphatic heterocycles. The van der Waals surface area contributed by atoms with Crippen LogP contribution in [0.3, 0.4) is 0 Å². The number of carbonyl (C=O) groups excluding carboxylic acids is 1. The summed E-state index contributed by atoms with van der Waals surface area (Å²) in [5.41, 5.74) is 12.0. The molecule has 0 aliphatic rings. The molecule has 92 valence electrons. The molecule has 1 aromatic carbocycles. The van der Waals surface area contributed by atoms with Crippen LogP contribution in [-0.2, 0) is 4.79 Å². The van der Waals surface area contributed by atoms with Crippen molar-refractivity contribution in [3.63, 3.8) is 0 Å². The maximum absolute atomic E-state index is 10.8. The van der Waals surface area contributed by atoms with Crippen molar-refractivity contribution in [1.29, 1.82) is 5.41 Å². The molecule has 0 aliphatic carbocycles. The summed E-state index contributed by atoms with van der Waals surface area (Å²) >= 11 is 1.24. The van der Waals surface area contributed by atoms with E-state index in [1.54, 1.807) is 6.07 Å². The van der Waals surface area contributed by atoms with Gasteiger partial charge in [0.2, 0.25) is 5.91 Å². The summed E-state index contributed by atoms with van der Waals surface area (Å²) in [5, 5.41) is 9.04. The van der Waals surface area contributed by atoms with Gasteiger partial charge in [0, 0.05) is 10.9 Å². The minimum Gasteiger partial charge on any atom is -0.384 e. The summed E-state index contributed by atoms with van der Waals surface area (Å²) in [6.07, 6.45) is 0. The molecule has 5 nitrogen and oxygen atoms in total. The van der Waals surface area contributed by atoms with E-state index >= 15 is 0 Å². The van der Waals surface area contributed by atoms with Crippen LogP contribution in [0, 0.1) is 5.41 Å². The average molecular weight is 260 g/mol. The fraction of sp³-hybridized carbons (Fsp3) is 0.0833. The average Bonchev–Trinajstić information content (AvgIpc) is 2.35. The molecule has 0 spiro atoms. The van der Waals surface area contributed by atoms with Crippen LogP contribution in [0.15, 0.2) is 35.4 Å². The lowest BCUT2D eigenvalue weighted by Gasteiger charge is -2.07. The van der Waals surface area contributed by atoms with Gasteiger partial charge in [-0.2, -0.15) is 0 Å². The second kappa shape index (κ2) is 5.05. The molecule has 2 aromatic rings. The Morgan fingerprint density at radius 3 is 2.72 bits per heavy atom. The zero-order chi connectivity index (χ0) is 13.1. The molecule has 1 aromatic heterocycles. The Kier molecular flexibility index (Phi) is 3.47. The Bertz CT molecular complexity index is 627. The number of hydrogen-bond acceptors (Lipinski definition) is 4. The third kappa shape index (κ3) is 2.60. The molecule has 0 saturated heterocycles. The second-order valence-corrected chi connectivity index (χ2v) is 4.69. The molecule has 6 heteroatoms. The van der Waals surface area contributed by atoms with E-state index in [1.807, 2.05) is 24.3 Å². The third-order valence-electron chi connectivity index (χ3n) is 2.35. The quantitative estimate of drug-likeness (QED) is 0.434. The van der Waals surface area contributed by atoms with Crippen molar-refractivity contribution in [3.8, 4) is 0 Å². The van der Waals surface area contributed by atoms with E-state index in [0.717, 1.165) is 10.9 Å². The highest BCUT2D eigenvalue weighted by Gasteiger charge is 2.08. The van der Waals surface area contributed by atoms with Gasteiger partial charge in [-0.05, 0) is 12.1 Å². The van der Waals surface area contributed by atoms with Crippen LogP contribution in [0.1, 0.15) is 5.56 Å². The van der Waals surface area contributed by atoms with Gasteiger partial charge >= 0.3 is 0 Å². The summed E-state index contributed by atoms with van der Waals surface area (Å²) < 4.78 is 0. The fourth-order valence-corrected chi connectivity index (χ4v) is 2.25. The molecule has 1 heterocycles. The fourth-order valence-electron chi connectivity index (χ4n) is 1.59. The monoisotopic (exact) mass is 260 g/mol. The number of amidine groups is 1. The van der Waals surface area contributed by atoms with Gasteiger partial charge < -0.3 is 11.5 Å². The van der Waals surface area contributed by atoms with Crippen LogP contribution < -0.4 is 11.5 Å². The predicted octanol–water partition coefficient (Wildman–Crippen LogP) is 1.10. The first kappa shape index (κ1) is 12.4. The van der Waals surface area contributed by atoms with E-state index in [0.29, 0.717) is 10.6 Å². The van der Waals surface area contributed by atoms with Crippen molar-refractivity contribution in [2.75, 3.05) is 5.75 Å². The van der Waals surface area contributed by atoms with Crippen molar-refractivity contribution < 1.29 is 4.79 Å². The maximum Gasteiger partial charge on any atom is 0.227 e. The van der Waals surface area contributed by atoms with Gasteiger partial charge in [0.15, 0.2) is 0 Å². The lowest BCUT2D eigenvalue weighted by Crippen LogP contribution is -2.14. The van der Waals surface area contributed by atoms with E-state index in [4.69, 9.17) is 16.9 Å². The van der Waals surface area contributed by atoms with Gasteiger partial charge in [-0.3, -0.25) is 10.2 Å². The summed E-state index contributed by atoms with van der Waals surface area (Å²) in [6, 6.07) is 9.14. The number of amides is 1. The topological polar surface area (TPSA) is 106 Å². The van der Waals surface area contributed by atoms with Crippen LogP contribution in [0.5, 0.6) is 0 Å². The second-order valence-electron chi connectivity index (χ2n) is 3.69. The Balaban J connectivity index is 2.50. The van der Waals surface area contributed by atoms with Crippen molar-refractivity contribution >= 4 is 34.4 Å². The maximum atomic E-state index is 10.8. The molecular formula is C12H12N4OS. The van der Waals surface area contributed by atoms with Gasteiger partial charge in [0.05, 0.1) is 16.3 Å². The van der Waals surface area contributed by atoms with Crippen molar-refractivity contribution in [2.45, 2.75) is 5.03 Å². The van der Waals surface area contributed by atoms with E-state index in [9.17, 15) is 4.79 Å². The third-order valence-corrected chi connectivity index (χ3v) is 3.28. The molecule has 0 bridgehead atoms. The summed E-state index contributed by atoms with van der Waals surface area (Å²) in [6.45, 7) is 0. The zero-order valence-electron chi connectivity index (χ0n) is 9.51. The minimum absolute atomic E-state index is 0.0190. The van der Waals surface area contributed by atoms with Gasteiger partial charge in [0.25, 0.3) is 0 Å². The molecule has 2 rings (SSSR count). The Hall–Kier alpha value is -2.08. The highest BCUT2D eigenvalue weighted by Crippen LogP contribution is 2.23. The number of rotatable bonds is 4. The summed E-state index contributed by atoms with van der Waals surface area (Å²) in [5.74, 6) is -0.267. The Labute approximate surface area is 108 Å². The van der Waals surface area contributed by atoms with Gasteiger partial charge in [-0.1, -0.05) is 30.0 Å². The molecule has 0 radical (unpaired) electrons. The van der Waals surface area contributed by atoms with E-state index in [1.165, 1.54) is 11.8 Å². The number of para-hydroxylation sites is 1. The number of carbonyl (C=O) groups is 1. The molecule has 18 heavy (non-hydrogen) atoms. The number of nitrogen functional groups attached to an aromatic ring is 1. The first-order valence-electron chi connectivity index (χ1n) is 5.23. The Morgan fingerprint density at radius 2 is 2.06 bits per heavy atom. The SMILES string of the molecule is N=C(N)c1cc(SCC(N)=O)nc2ccccc12. The number of nitrogens with zero attached hydrogens (tertiary/aromatic N) is 1. The first-order chi connectivity index (χ1) is 8.58. The predicted molar refractivity (Wildman–Crippen MR) is 72.7 cm³/mol. The summed E-state index contributed by atoms with van der Waals surface area (Å²) in [7, 11) is 0. The number of thioether (sulfide) groups is 1. The minimum atomic E-state index is -0.403. The van der Waals surface area contributed by atoms with Gasteiger partial charge in [-0.25, -0.2) is 4.98 Å². The number of benzene rings is 1. The number of primary amides is 1. The molecule has 5 N–H and O–H groups in total. The lowest BCUT2D eigenvalue weighted by molar-refractivity contribution is -0.115. The number of aromatic nitrogens is 1. The smallest absolute Gasteiger partial charge is 0.227 e. The molecular weight excluding hydrogens is 248 g/mol. The standard InChI is InChI=1S/C12H12N4OS/c13-10(17)6-18-11-5-8(12(14)15)7-3-1-2-4-9(7)16-11/h1-5H,6H2,(H2,13,17)(H3,14,15). The highest BCUT2D eigenvalue weighted by atomic mass is 32.2. The van der Waals surface area contributed by atoms with Crippen LogP contribution in [0.2, 0.25) is 0 Å². The number of nitrogens with two attached hydrogens (primary N) is 2. The van der Waals surface area contributed by atoms with E-state index in [-0.39, 0.29) is 11.6 Å². The number of fused-ring (bicyclic) bond motifs is 1. The molecule has 0 saturated carbocycles. The largest absolute Gasteiger partial charge is 0.384 e. The van der Waals surface area contributed by atoms with Crippen LogP contribution in [0.4, 0.5) is 0 Å². The number of hydrogen-bond donors (Lipinski definition) is 3. The molecule has 0 unspecified atom stereocenters.